The zero-order valence-electron chi connectivity index (χ0n) is 65.7. The van der Waals surface area contributed by atoms with Gasteiger partial charge in [0.05, 0.1) is 65.6 Å². The van der Waals surface area contributed by atoms with Gasteiger partial charge in [-0.05, 0) is 223 Å². The summed E-state index contributed by atoms with van der Waals surface area (Å²) in [7, 11) is -7.97. The third-order valence-corrected chi connectivity index (χ3v) is 33.0. The first-order valence-electron chi connectivity index (χ1n) is 34.5. The molecule has 4 N–H and O–H groups in total. The number of thiol groups is 1. The van der Waals surface area contributed by atoms with E-state index in [2.05, 4.69) is 203 Å². The molecule has 14 rings (SSSR count). The number of nitrogens with one attached hydrogen (secondary N) is 4. The molecule has 9 aromatic rings. The summed E-state index contributed by atoms with van der Waals surface area (Å²) in [5, 5.41) is 23.1. The van der Waals surface area contributed by atoms with Crippen LogP contribution in [0.15, 0.2) is 128 Å². The van der Waals surface area contributed by atoms with Crippen LogP contribution in [0.1, 0.15) is 151 Å². The number of hydrogen-bond acceptors (Lipinski definition) is 29. The number of H-pyrrole nitrogens is 2. The van der Waals surface area contributed by atoms with E-state index in [-0.39, 0.29) is 34.0 Å². The Hall–Kier alpha value is -3.82. The number of aromatic nitrogens is 8. The fourth-order valence-corrected chi connectivity index (χ4v) is 20.0. The van der Waals surface area contributed by atoms with Crippen LogP contribution in [-0.2, 0) is 57.4 Å². The molecule has 2 saturated carbocycles. The second-order valence-electron chi connectivity index (χ2n) is 29.7. The van der Waals surface area contributed by atoms with Crippen LogP contribution >= 0.6 is 141 Å². The van der Waals surface area contributed by atoms with Gasteiger partial charge in [-0.15, -0.1) is 92.2 Å². The fourth-order valence-electron chi connectivity index (χ4n) is 9.30. The Morgan fingerprint density at radius 2 is 1.03 bits per heavy atom. The summed E-state index contributed by atoms with van der Waals surface area (Å²) in [5.41, 5.74) is 4.66. The first-order valence-corrected chi connectivity index (χ1v) is 53.1. The molecule has 0 aromatic carbocycles. The molecule has 0 unspecified atom stereocenters. The maximum absolute atomic E-state index is 11.7. The summed E-state index contributed by atoms with van der Waals surface area (Å²) >= 11 is 23.7. The molecular weight excluding hydrogens is 1860 g/mol. The fraction of sp³-hybridized carbons (Fsp3) is 0.465. The van der Waals surface area contributed by atoms with Crippen LogP contribution in [0.5, 0.6) is 0 Å². The van der Waals surface area contributed by atoms with Crippen molar-refractivity contribution in [1.29, 1.82) is 0 Å². The van der Waals surface area contributed by atoms with Gasteiger partial charge in [0.25, 0.3) is 0 Å². The van der Waals surface area contributed by atoms with Gasteiger partial charge in [0.15, 0.2) is 63.3 Å². The molecule has 12 heterocycles. The van der Waals surface area contributed by atoms with E-state index in [4.69, 9.17) is 34.3 Å². The summed E-state index contributed by atoms with van der Waals surface area (Å²) in [5.74, 6) is 9.91. The third kappa shape index (κ3) is 29.3. The van der Waals surface area contributed by atoms with Crippen molar-refractivity contribution in [2.24, 2.45) is 4.30 Å². The van der Waals surface area contributed by atoms with E-state index < -0.39 is 69.9 Å². The molecule has 42 heteroatoms. The number of thiophene rings is 5. The number of hydrogen-bond donors (Lipinski definition) is 5. The molecule has 0 amide bonds. The molecular formula is C71H95B4Br3N11O12S11Si. The van der Waals surface area contributed by atoms with Gasteiger partial charge in [0, 0.05) is 71.3 Å². The summed E-state index contributed by atoms with van der Waals surface area (Å²) < 4.78 is 113. The van der Waals surface area contributed by atoms with Crippen molar-refractivity contribution >= 4 is 235 Å². The number of halogens is 3. The molecule has 1 radical (unpaired) electrons. The molecule has 113 heavy (non-hydrogen) atoms. The molecule has 0 atom stereocenters. The molecule has 3 saturated heterocycles. The average molecular weight is 1960 g/mol. The summed E-state index contributed by atoms with van der Waals surface area (Å²) in [6.45, 7) is 30.7. The minimum atomic E-state index is -3.26. The number of sulfone groups is 3. The third-order valence-electron chi connectivity index (χ3n) is 17.7. The molecule has 2 aliphatic carbocycles. The first kappa shape index (κ1) is 98.0. The Kier molecular flexibility index (Phi) is 35.5. The van der Waals surface area contributed by atoms with E-state index in [0.717, 1.165) is 37.0 Å². The zero-order chi connectivity index (χ0) is 83.4. The maximum atomic E-state index is 11.7. The van der Waals surface area contributed by atoms with Crippen molar-refractivity contribution in [2.45, 2.75) is 202 Å². The number of nitrogens with zero attached hydrogens (tertiary/aromatic N) is 7. The number of rotatable bonds is 14. The molecule has 23 nitrogen and oxygen atoms in total. The Labute approximate surface area is 729 Å². The van der Waals surface area contributed by atoms with Crippen LogP contribution in [0, 0.1) is 23.8 Å². The van der Waals surface area contributed by atoms with Gasteiger partial charge in [-0.1, -0.05) is 51.0 Å². The number of anilines is 4. The molecule has 5 fully saturated rings. The summed E-state index contributed by atoms with van der Waals surface area (Å²) in [6.07, 6.45) is 21.4. The molecule has 5 aliphatic rings. The van der Waals surface area contributed by atoms with E-state index in [1.807, 2.05) is 95.2 Å². The summed E-state index contributed by atoms with van der Waals surface area (Å²) in [6, 6.07) is 22.3. The SMILES string of the molecule is C.C#Cc1cnc(-c2ccc(S(C)(=O)=O)s2)nc1Nc1cc(C2CC2)[nH]n1.CC1(C)OB(B2OC(C)(C)C(C)(C)O2)OC1(C)C.CC1(C)OB(c2ccc(S(C)(=O)=O)s2)OC1(C)C.CS(=O)(=O)c1ccc(Br)s1.CSc1ccc(Br)s1.CSc1cccs1.C[Si](C)(C)C#Cc1cnc(Br)nc1Nc1cc(C2CC2)[nH]n1.[B]=NS. The second kappa shape index (κ2) is 41.0. The second-order valence-corrected chi connectivity index (χ2v) is 52.4. The number of aromatic amines is 2. The van der Waals surface area contributed by atoms with Crippen molar-refractivity contribution in [2.75, 3.05) is 41.9 Å². The van der Waals surface area contributed by atoms with Crippen LogP contribution < -0.4 is 15.4 Å². The Morgan fingerprint density at radius 3 is 1.39 bits per heavy atom. The van der Waals surface area contributed by atoms with Crippen LogP contribution in [0.2, 0.25) is 19.6 Å². The van der Waals surface area contributed by atoms with Gasteiger partial charge in [0.2, 0.25) is 0 Å². The van der Waals surface area contributed by atoms with Crippen molar-refractivity contribution < 1.29 is 53.2 Å². The molecule has 0 spiro atoms. The average Bonchev–Trinajstić information content (AvgIpc) is 1.61. The number of thioether (sulfide) groups is 2. The molecule has 0 bridgehead atoms. The van der Waals surface area contributed by atoms with E-state index in [1.54, 1.807) is 95.0 Å². The molecule has 9 aromatic heterocycles. The molecule has 609 valence electrons. The number of terminal acetylenes is 1. The standard InChI is InChI=1S/C17H15N5O2S2.C15H18BrN5Si.C12H24B2O4.C11H17BO4S2.C5H5BrO2S2.C5H5BrS2.C5H6S2.CH4.BHNS/c1-3-10-9-18-17(13-6-7-15(25-13)26(2,23)24)20-16(10)19-14-8-12(21-22-14)11-4-5-11;1-22(2,3)7-6-11-9-17-15(16)19-14(11)18-13-8-12(20-21-13)10-4-5-10;1-9(2)10(3,4)16-13(15-9)14-17-11(5,6)12(7,8)18-14;1-10(2)11(3,4)16-12(15-10)8-6-7-9(17-8)18(5,13)14;1-10(7,8)5-3-2-4(6)9-5;1-7-5-3-2-4(6)8-5;1-6-5-3-2-4-7-5;;1-2-3/h1,6-9,11H,4-5H2,2H3,(H2,18,19,20,21,22);8-10H,4-5H2,1-3H3,(H2,17,18,19,20,21);1-8H3;6-7H,1-5H3;2-3H,1H3;2-3H,1H3;2-4H,1H3;1H4;3H. The Balaban J connectivity index is 0.000000211. The topological polar surface area (TPSA) is 303 Å². The van der Waals surface area contributed by atoms with E-state index in [9.17, 15) is 25.3 Å². The van der Waals surface area contributed by atoms with Crippen LogP contribution in [0.25, 0.3) is 10.7 Å². The Bertz CT molecular complexity index is 5050. The van der Waals surface area contributed by atoms with Gasteiger partial charge in [-0.3, -0.25) is 10.2 Å². The van der Waals surface area contributed by atoms with Gasteiger partial charge < -0.3 is 38.6 Å². The van der Waals surface area contributed by atoms with Crippen LogP contribution in [-0.4, -0.2) is 167 Å². The van der Waals surface area contributed by atoms with Crippen molar-refractivity contribution in [3.05, 3.63) is 125 Å². The van der Waals surface area contributed by atoms with Gasteiger partial charge in [-0.2, -0.15) is 10.2 Å². The van der Waals surface area contributed by atoms with Gasteiger partial charge >= 0.3 is 45.9 Å². The van der Waals surface area contributed by atoms with E-state index >= 15 is 0 Å². The predicted molar refractivity (Wildman–Crippen MR) is 488 cm³/mol. The minimum absolute atomic E-state index is 0. The van der Waals surface area contributed by atoms with Gasteiger partial charge in [0.1, 0.15) is 20.7 Å². The van der Waals surface area contributed by atoms with Gasteiger partial charge in [-0.25, -0.2) is 45.2 Å². The van der Waals surface area contributed by atoms with Crippen molar-refractivity contribution in [3.8, 4) is 34.5 Å². The Morgan fingerprint density at radius 1 is 0.602 bits per heavy atom. The van der Waals surface area contributed by atoms with Crippen LogP contribution in [0.3, 0.4) is 0 Å². The molecule has 3 aliphatic heterocycles. The van der Waals surface area contributed by atoms with Crippen LogP contribution in [0.4, 0.5) is 23.3 Å². The zero-order valence-corrected chi connectivity index (χ0v) is 80.5. The summed E-state index contributed by atoms with van der Waals surface area (Å²) in [4.78, 5) is 17.9. The first-order chi connectivity index (χ1) is 51.9. The van der Waals surface area contributed by atoms with Crippen molar-refractivity contribution in [3.63, 3.8) is 0 Å². The van der Waals surface area contributed by atoms with Crippen molar-refractivity contribution in [1.82, 2.24) is 40.3 Å². The van der Waals surface area contributed by atoms with E-state index in [0.29, 0.717) is 58.7 Å². The monoisotopic (exact) mass is 1950 g/mol. The van der Waals surface area contributed by atoms with E-state index in [1.165, 1.54) is 85.0 Å². The normalized spacial score (nSPS) is 17.1. The predicted octanol–water partition coefficient (Wildman–Crippen LogP) is 18.9. The quantitative estimate of drug-likeness (QED) is 0.0222.